The summed E-state index contributed by atoms with van der Waals surface area (Å²) in [6.45, 7) is 7.43. The molecule has 144 valence electrons. The molecule has 0 bridgehead atoms. The zero-order chi connectivity index (χ0) is 18.8. The second-order valence-electron chi connectivity index (χ2n) is 5.02. The minimum atomic E-state index is -0.626. The van der Waals surface area contributed by atoms with E-state index in [1.165, 1.54) is 13.8 Å². The van der Waals surface area contributed by atoms with E-state index in [0.717, 1.165) is 25.7 Å². The van der Waals surface area contributed by atoms with Crippen LogP contribution in [-0.2, 0) is 64.9 Å². The van der Waals surface area contributed by atoms with Gasteiger partial charge in [-0.2, -0.15) is 9.78 Å². The maximum absolute atomic E-state index is 10.6. The summed E-state index contributed by atoms with van der Waals surface area (Å²) in [5.74, 6) is -1.70. The monoisotopic (exact) mass is 438 g/mol. The van der Waals surface area contributed by atoms with Gasteiger partial charge in [0.05, 0.1) is 13.2 Å². The number of ketones is 2. The molecule has 9 heteroatoms. The summed E-state index contributed by atoms with van der Waals surface area (Å²) in [6.07, 6.45) is 3.20. The SMILES string of the molecule is CCCCOOC(=O)CC(C)=O.CCCCOOC(=O)CC(C)=O.[Zr]. The first kappa shape index (κ1) is 28.9. The molecular formula is C16H28O8Zr. The van der Waals surface area contributed by atoms with Crippen LogP contribution in [0.2, 0.25) is 0 Å². The predicted octanol–water partition coefficient (Wildman–Crippen LogP) is 2.48. The van der Waals surface area contributed by atoms with E-state index in [0.29, 0.717) is 13.2 Å². The van der Waals surface area contributed by atoms with Crippen LogP contribution in [0.15, 0.2) is 0 Å². The van der Waals surface area contributed by atoms with Crippen molar-refractivity contribution >= 4 is 23.5 Å². The van der Waals surface area contributed by atoms with Crippen molar-refractivity contribution in [2.75, 3.05) is 13.2 Å². The molecule has 0 spiro atoms. The van der Waals surface area contributed by atoms with Crippen LogP contribution in [0.25, 0.3) is 0 Å². The van der Waals surface area contributed by atoms with Crippen molar-refractivity contribution < 1.29 is 64.9 Å². The Morgan fingerprint density at radius 3 is 1.24 bits per heavy atom. The van der Waals surface area contributed by atoms with E-state index in [2.05, 4.69) is 19.6 Å². The molecule has 0 aliphatic rings. The summed E-state index contributed by atoms with van der Waals surface area (Å²) in [6, 6.07) is 0. The maximum atomic E-state index is 10.6. The van der Waals surface area contributed by atoms with Gasteiger partial charge in [0.15, 0.2) is 0 Å². The molecule has 0 radical (unpaired) electrons. The number of rotatable bonds is 12. The van der Waals surface area contributed by atoms with Gasteiger partial charge in [0.1, 0.15) is 24.4 Å². The van der Waals surface area contributed by atoms with Crippen LogP contribution in [0.3, 0.4) is 0 Å². The first-order chi connectivity index (χ1) is 11.3. The Labute approximate surface area is 167 Å². The summed E-state index contributed by atoms with van der Waals surface area (Å²) in [7, 11) is 0. The van der Waals surface area contributed by atoms with Gasteiger partial charge < -0.3 is 0 Å². The fraction of sp³-hybridized carbons (Fsp3) is 0.750. The van der Waals surface area contributed by atoms with Crippen molar-refractivity contribution in [1.29, 1.82) is 0 Å². The molecule has 0 saturated heterocycles. The fourth-order valence-electron chi connectivity index (χ4n) is 1.09. The topological polar surface area (TPSA) is 105 Å². The van der Waals surface area contributed by atoms with Gasteiger partial charge in [-0.25, -0.2) is 9.59 Å². The molecule has 25 heavy (non-hydrogen) atoms. The average molecular weight is 440 g/mol. The van der Waals surface area contributed by atoms with E-state index < -0.39 is 11.9 Å². The molecule has 0 aliphatic heterocycles. The van der Waals surface area contributed by atoms with E-state index in [9.17, 15) is 19.2 Å². The van der Waals surface area contributed by atoms with E-state index in [1.807, 2.05) is 13.8 Å². The number of carbonyl (C=O) groups excluding carboxylic acids is 4. The van der Waals surface area contributed by atoms with Gasteiger partial charge in [0, 0.05) is 26.2 Å². The number of hydrogen-bond acceptors (Lipinski definition) is 8. The molecule has 0 amide bonds. The van der Waals surface area contributed by atoms with Gasteiger partial charge in [-0.3, -0.25) is 19.4 Å². The van der Waals surface area contributed by atoms with Crippen LogP contribution in [-0.4, -0.2) is 36.7 Å². The number of hydrogen-bond donors (Lipinski definition) is 0. The van der Waals surface area contributed by atoms with Gasteiger partial charge in [0.25, 0.3) is 0 Å². The number of Topliss-reactive ketones (excluding diaryl/α,β-unsaturated/α-hetero) is 2. The van der Waals surface area contributed by atoms with Gasteiger partial charge in [-0.15, -0.1) is 0 Å². The molecule has 8 nitrogen and oxygen atoms in total. The standard InChI is InChI=1S/2C8H14O4.Zr/c2*1-3-4-5-11-12-8(10)6-7(2)9;/h2*3-6H2,1-2H3;. The molecule has 0 N–H and O–H groups in total. The van der Waals surface area contributed by atoms with E-state index in [-0.39, 0.29) is 50.6 Å². The van der Waals surface area contributed by atoms with Crippen LogP contribution >= 0.6 is 0 Å². The Balaban J connectivity index is -0.000000372. The molecule has 0 aliphatic carbocycles. The van der Waals surface area contributed by atoms with Crippen molar-refractivity contribution in [1.82, 2.24) is 0 Å². The Bertz CT molecular complexity index is 348. The van der Waals surface area contributed by atoms with Crippen LogP contribution in [0.5, 0.6) is 0 Å². The van der Waals surface area contributed by atoms with E-state index in [4.69, 9.17) is 0 Å². The molecule has 0 aromatic rings. The van der Waals surface area contributed by atoms with Crippen LogP contribution in [0.4, 0.5) is 0 Å². The van der Waals surface area contributed by atoms with Crippen LogP contribution in [0.1, 0.15) is 66.2 Å². The Morgan fingerprint density at radius 1 is 0.680 bits per heavy atom. The molecule has 0 unspecified atom stereocenters. The quantitative estimate of drug-likeness (QED) is 0.198. The van der Waals surface area contributed by atoms with Crippen LogP contribution < -0.4 is 0 Å². The number of unbranched alkanes of at least 4 members (excludes halogenated alkanes) is 2. The van der Waals surface area contributed by atoms with Gasteiger partial charge >= 0.3 is 11.9 Å². The summed E-state index contributed by atoms with van der Waals surface area (Å²) >= 11 is 0. The minimum Gasteiger partial charge on any atom is -0.299 e. The Hall–Kier alpha value is -0.917. The van der Waals surface area contributed by atoms with Crippen molar-refractivity contribution in [3.8, 4) is 0 Å². The molecule has 0 aromatic carbocycles. The maximum Gasteiger partial charge on any atom is 0.349 e. The van der Waals surface area contributed by atoms with Crippen molar-refractivity contribution in [2.45, 2.75) is 66.2 Å². The van der Waals surface area contributed by atoms with Gasteiger partial charge in [-0.05, 0) is 26.7 Å². The normalized spacial score (nSPS) is 9.12. The third kappa shape index (κ3) is 28.2. The van der Waals surface area contributed by atoms with Gasteiger partial charge in [-0.1, -0.05) is 26.7 Å². The van der Waals surface area contributed by atoms with Crippen LogP contribution in [0, 0.1) is 0 Å². The second kappa shape index (κ2) is 21.1. The molecule has 0 atom stereocenters. The third-order valence-electron chi connectivity index (χ3n) is 2.25. The minimum absolute atomic E-state index is 0. The van der Waals surface area contributed by atoms with Crippen molar-refractivity contribution in [3.63, 3.8) is 0 Å². The van der Waals surface area contributed by atoms with Crippen molar-refractivity contribution in [2.24, 2.45) is 0 Å². The smallest absolute Gasteiger partial charge is 0.299 e. The zero-order valence-electron chi connectivity index (χ0n) is 15.4. The zero-order valence-corrected chi connectivity index (χ0v) is 17.9. The number of carbonyl (C=O) groups is 4. The predicted molar refractivity (Wildman–Crippen MR) is 84.5 cm³/mol. The Kier molecular flexibility index (Phi) is 24.4. The molecule has 0 rings (SSSR count). The molecule has 0 saturated carbocycles. The summed E-state index contributed by atoms with van der Waals surface area (Å²) in [5, 5.41) is 0. The largest absolute Gasteiger partial charge is 0.349 e. The average Bonchev–Trinajstić information content (AvgIpc) is 2.47. The molecule has 0 fully saturated rings. The first-order valence-electron chi connectivity index (χ1n) is 7.96. The van der Waals surface area contributed by atoms with Gasteiger partial charge in [0.2, 0.25) is 0 Å². The summed E-state index contributed by atoms with van der Waals surface area (Å²) < 4.78 is 0. The summed E-state index contributed by atoms with van der Waals surface area (Å²) in [4.78, 5) is 59.7. The molecular weight excluding hydrogens is 411 g/mol. The second-order valence-corrected chi connectivity index (χ2v) is 5.02. The third-order valence-corrected chi connectivity index (χ3v) is 2.25. The molecule has 0 heterocycles. The first-order valence-corrected chi connectivity index (χ1v) is 7.96. The summed E-state index contributed by atoms with van der Waals surface area (Å²) in [5.41, 5.74) is 0. The fourth-order valence-corrected chi connectivity index (χ4v) is 1.09. The van der Waals surface area contributed by atoms with E-state index >= 15 is 0 Å². The van der Waals surface area contributed by atoms with Crippen molar-refractivity contribution in [3.05, 3.63) is 0 Å². The Morgan fingerprint density at radius 2 is 1.00 bits per heavy atom. The molecule has 0 aromatic heterocycles. The van der Waals surface area contributed by atoms with E-state index in [1.54, 1.807) is 0 Å².